The van der Waals surface area contributed by atoms with Crippen molar-refractivity contribution in [1.29, 1.82) is 0 Å². The lowest BCUT2D eigenvalue weighted by molar-refractivity contribution is -0.117. The Kier molecular flexibility index (Phi) is 5.50. The SMILES string of the molecule is C[C@@H](O)c1ccc(-c2cnc3c(n2)N(CCC2CCOCC2)C(=O)CN3)cn1.[HH]. The monoisotopic (exact) mass is 385 g/mol. The van der Waals surface area contributed by atoms with Gasteiger partial charge in [-0.2, -0.15) is 0 Å². The third-order valence-electron chi connectivity index (χ3n) is 5.33. The summed E-state index contributed by atoms with van der Waals surface area (Å²) in [6, 6.07) is 3.63. The summed E-state index contributed by atoms with van der Waals surface area (Å²) < 4.78 is 5.42. The average molecular weight is 385 g/mol. The topological polar surface area (TPSA) is 100 Å². The summed E-state index contributed by atoms with van der Waals surface area (Å²) in [5.74, 6) is 1.78. The van der Waals surface area contributed by atoms with E-state index in [1.807, 2.05) is 6.07 Å². The summed E-state index contributed by atoms with van der Waals surface area (Å²) in [6.07, 6.45) is 5.75. The van der Waals surface area contributed by atoms with Crippen LogP contribution >= 0.6 is 0 Å². The number of pyridine rings is 1. The molecule has 2 aliphatic rings. The van der Waals surface area contributed by atoms with Crippen molar-refractivity contribution in [1.82, 2.24) is 15.0 Å². The van der Waals surface area contributed by atoms with Crippen LogP contribution in [0.4, 0.5) is 11.6 Å². The van der Waals surface area contributed by atoms with Gasteiger partial charge in [-0.1, -0.05) is 0 Å². The van der Waals surface area contributed by atoms with Crippen LogP contribution in [0.5, 0.6) is 0 Å². The van der Waals surface area contributed by atoms with Crippen LogP contribution in [0.2, 0.25) is 0 Å². The number of amides is 1. The van der Waals surface area contributed by atoms with Crippen molar-refractivity contribution in [3.05, 3.63) is 30.2 Å². The number of aliphatic hydroxyl groups is 1. The number of aromatic nitrogens is 3. The fraction of sp³-hybridized carbons (Fsp3) is 0.500. The number of rotatable bonds is 5. The van der Waals surface area contributed by atoms with Gasteiger partial charge in [-0.05, 0) is 44.2 Å². The van der Waals surface area contributed by atoms with Crippen molar-refractivity contribution in [2.24, 2.45) is 5.92 Å². The minimum atomic E-state index is -0.619. The molecule has 150 valence electrons. The van der Waals surface area contributed by atoms with Crippen LogP contribution in [0.3, 0.4) is 0 Å². The Balaban J connectivity index is 0.00000240. The highest BCUT2D eigenvalue weighted by atomic mass is 16.5. The highest BCUT2D eigenvalue weighted by Crippen LogP contribution is 2.30. The number of anilines is 2. The molecule has 4 rings (SSSR count). The van der Waals surface area contributed by atoms with E-state index in [2.05, 4.69) is 15.3 Å². The van der Waals surface area contributed by atoms with E-state index in [1.165, 1.54) is 0 Å². The number of aliphatic hydroxyl groups excluding tert-OH is 1. The van der Waals surface area contributed by atoms with E-state index in [4.69, 9.17) is 9.72 Å². The maximum atomic E-state index is 12.5. The number of ether oxygens (including phenoxy) is 1. The average Bonchev–Trinajstić information content (AvgIpc) is 2.73. The Morgan fingerprint density at radius 2 is 2.14 bits per heavy atom. The number of hydrogen-bond donors (Lipinski definition) is 2. The van der Waals surface area contributed by atoms with Gasteiger partial charge in [-0.15, -0.1) is 0 Å². The summed E-state index contributed by atoms with van der Waals surface area (Å²) in [5, 5.41) is 12.7. The van der Waals surface area contributed by atoms with Crippen LogP contribution in [0, 0.1) is 5.92 Å². The molecule has 1 fully saturated rings. The van der Waals surface area contributed by atoms with E-state index in [1.54, 1.807) is 30.3 Å². The van der Waals surface area contributed by atoms with Gasteiger partial charge in [-0.25, -0.2) is 9.97 Å². The molecule has 2 aromatic heterocycles. The Bertz CT molecular complexity index is 841. The van der Waals surface area contributed by atoms with Crippen LogP contribution in [0.1, 0.15) is 39.4 Å². The van der Waals surface area contributed by atoms with Crippen molar-refractivity contribution < 1.29 is 16.1 Å². The minimum Gasteiger partial charge on any atom is -0.387 e. The highest BCUT2D eigenvalue weighted by molar-refractivity contribution is 6.00. The van der Waals surface area contributed by atoms with E-state index in [-0.39, 0.29) is 13.9 Å². The van der Waals surface area contributed by atoms with Gasteiger partial charge in [0.15, 0.2) is 11.6 Å². The van der Waals surface area contributed by atoms with Gasteiger partial charge in [-0.3, -0.25) is 14.7 Å². The van der Waals surface area contributed by atoms with Crippen LogP contribution in [-0.4, -0.2) is 52.3 Å². The summed E-state index contributed by atoms with van der Waals surface area (Å²) in [4.78, 5) is 27.7. The first-order chi connectivity index (χ1) is 13.6. The lowest BCUT2D eigenvalue weighted by Gasteiger charge is -2.30. The van der Waals surface area contributed by atoms with Gasteiger partial charge in [0.2, 0.25) is 5.91 Å². The maximum absolute atomic E-state index is 12.5. The molecule has 2 aliphatic heterocycles. The van der Waals surface area contributed by atoms with Crippen molar-refractivity contribution in [2.45, 2.75) is 32.3 Å². The van der Waals surface area contributed by atoms with Crippen LogP contribution < -0.4 is 10.2 Å². The number of nitrogens with one attached hydrogen (secondary N) is 1. The zero-order valence-corrected chi connectivity index (χ0v) is 16.0. The molecule has 8 heteroatoms. The fourth-order valence-corrected chi connectivity index (χ4v) is 3.59. The second-order valence-corrected chi connectivity index (χ2v) is 7.32. The van der Waals surface area contributed by atoms with Crippen LogP contribution in [0.15, 0.2) is 24.5 Å². The minimum absolute atomic E-state index is 0. The number of hydrogen-bond acceptors (Lipinski definition) is 7. The molecule has 0 unspecified atom stereocenters. The Morgan fingerprint density at radius 3 is 2.86 bits per heavy atom. The Labute approximate surface area is 165 Å². The molecule has 0 aliphatic carbocycles. The third-order valence-corrected chi connectivity index (χ3v) is 5.33. The summed E-state index contributed by atoms with van der Waals surface area (Å²) in [6.45, 7) is 4.15. The maximum Gasteiger partial charge on any atom is 0.247 e. The molecule has 0 bridgehead atoms. The van der Waals surface area contributed by atoms with Gasteiger partial charge in [0, 0.05) is 32.9 Å². The van der Waals surface area contributed by atoms with Gasteiger partial charge in [0.25, 0.3) is 0 Å². The molecule has 0 radical (unpaired) electrons. The van der Waals surface area contributed by atoms with Crippen molar-refractivity contribution in [2.75, 3.05) is 36.5 Å². The van der Waals surface area contributed by atoms with E-state index < -0.39 is 6.10 Å². The highest BCUT2D eigenvalue weighted by Gasteiger charge is 2.28. The molecule has 2 N–H and O–H groups in total. The normalized spacial score (nSPS) is 18.5. The van der Waals surface area contributed by atoms with E-state index in [9.17, 15) is 9.90 Å². The van der Waals surface area contributed by atoms with Crippen LogP contribution in [0.25, 0.3) is 11.3 Å². The third kappa shape index (κ3) is 3.98. The zero-order chi connectivity index (χ0) is 19.5. The number of carbonyl (C=O) groups excluding carboxylic acids is 1. The smallest absolute Gasteiger partial charge is 0.247 e. The van der Waals surface area contributed by atoms with Gasteiger partial charge < -0.3 is 15.2 Å². The molecule has 8 nitrogen and oxygen atoms in total. The largest absolute Gasteiger partial charge is 0.387 e. The van der Waals surface area contributed by atoms with E-state index in [0.717, 1.165) is 38.0 Å². The van der Waals surface area contributed by atoms with E-state index >= 15 is 0 Å². The molecule has 1 amide bonds. The van der Waals surface area contributed by atoms with Crippen molar-refractivity contribution >= 4 is 17.5 Å². The molecular weight excluding hydrogens is 358 g/mol. The molecule has 0 aromatic carbocycles. The van der Waals surface area contributed by atoms with Gasteiger partial charge >= 0.3 is 0 Å². The first kappa shape index (κ1) is 18.8. The number of carbonyl (C=O) groups is 1. The predicted octanol–water partition coefficient (Wildman–Crippen LogP) is 2.41. The molecule has 28 heavy (non-hydrogen) atoms. The molecule has 0 spiro atoms. The first-order valence-corrected chi connectivity index (χ1v) is 9.75. The molecule has 4 heterocycles. The lowest BCUT2D eigenvalue weighted by atomic mass is 9.96. The quantitative estimate of drug-likeness (QED) is 0.815. The Morgan fingerprint density at radius 1 is 1.32 bits per heavy atom. The first-order valence-electron chi connectivity index (χ1n) is 9.75. The van der Waals surface area contributed by atoms with Gasteiger partial charge in [0.05, 0.1) is 30.2 Å². The van der Waals surface area contributed by atoms with Crippen LogP contribution in [-0.2, 0) is 9.53 Å². The van der Waals surface area contributed by atoms with Crippen molar-refractivity contribution in [3.63, 3.8) is 0 Å². The number of fused-ring (bicyclic) bond motifs is 1. The second-order valence-electron chi connectivity index (χ2n) is 7.32. The summed E-state index contributed by atoms with van der Waals surface area (Å²) in [7, 11) is 0. The number of nitrogens with zero attached hydrogens (tertiary/aromatic N) is 4. The molecule has 1 atom stereocenters. The predicted molar refractivity (Wildman–Crippen MR) is 107 cm³/mol. The van der Waals surface area contributed by atoms with E-state index in [0.29, 0.717) is 35.5 Å². The second kappa shape index (κ2) is 8.20. The molecular formula is C20H27N5O3. The fourth-order valence-electron chi connectivity index (χ4n) is 3.59. The standard InChI is InChI=1S/C20H25N5O3.H2/c1-13(26)16-3-2-15(10-21-16)17-11-22-19-20(24-17)25(18(27)12-23-19)7-4-14-5-8-28-9-6-14;/h2-3,10-11,13-14,26H,4-9,12H2,1H3,(H,22,23);1H/t13-;/m1./s1. The lowest BCUT2D eigenvalue weighted by Crippen LogP contribution is -2.42. The molecule has 2 aromatic rings. The summed E-state index contributed by atoms with van der Waals surface area (Å²) >= 11 is 0. The van der Waals surface area contributed by atoms with Gasteiger partial charge in [0.1, 0.15) is 0 Å². The zero-order valence-electron chi connectivity index (χ0n) is 16.0. The Hall–Kier alpha value is -2.58. The molecule has 0 saturated carbocycles. The van der Waals surface area contributed by atoms with Crippen molar-refractivity contribution in [3.8, 4) is 11.3 Å². The molecule has 1 saturated heterocycles. The summed E-state index contributed by atoms with van der Waals surface area (Å²) in [5.41, 5.74) is 2.04.